The zero-order valence-corrected chi connectivity index (χ0v) is 10.8. The zero-order valence-electron chi connectivity index (χ0n) is 10.1. The third kappa shape index (κ3) is 2.85. The number of rotatable bonds is 5. The number of hydrogen-bond acceptors (Lipinski definition) is 4. The van der Waals surface area contributed by atoms with E-state index < -0.39 is 10.8 Å². The van der Waals surface area contributed by atoms with Crippen LogP contribution < -0.4 is 0 Å². The summed E-state index contributed by atoms with van der Waals surface area (Å²) in [5.74, 6) is -0.492. The Hall–Kier alpha value is -1.66. The van der Waals surface area contributed by atoms with Crippen molar-refractivity contribution in [1.82, 2.24) is 4.90 Å². The molecule has 102 valence electrons. The summed E-state index contributed by atoms with van der Waals surface area (Å²) >= 11 is 5.92. The Labute approximate surface area is 114 Å². The van der Waals surface area contributed by atoms with Crippen LogP contribution in [0.1, 0.15) is 23.2 Å². The van der Waals surface area contributed by atoms with Crippen molar-refractivity contribution in [1.29, 1.82) is 0 Å². The van der Waals surface area contributed by atoms with Gasteiger partial charge in [-0.3, -0.25) is 14.9 Å². The number of halogens is 1. The molecule has 19 heavy (non-hydrogen) atoms. The highest BCUT2D eigenvalue weighted by Gasteiger charge is 2.36. The molecule has 1 aliphatic carbocycles. The van der Waals surface area contributed by atoms with Gasteiger partial charge in [0.05, 0.1) is 16.6 Å². The fourth-order valence-corrected chi connectivity index (χ4v) is 2.21. The first-order valence-corrected chi connectivity index (χ1v) is 6.28. The fourth-order valence-electron chi connectivity index (χ4n) is 1.96. The molecule has 0 aromatic heterocycles. The molecule has 0 radical (unpaired) electrons. The maximum atomic E-state index is 12.4. The summed E-state index contributed by atoms with van der Waals surface area (Å²) in [6.45, 7) is -0.0215. The largest absolute Gasteiger partial charge is 0.395 e. The Morgan fingerprint density at radius 1 is 1.53 bits per heavy atom. The van der Waals surface area contributed by atoms with E-state index in [0.29, 0.717) is 0 Å². The van der Waals surface area contributed by atoms with Crippen LogP contribution in [0.25, 0.3) is 0 Å². The van der Waals surface area contributed by atoms with Crippen molar-refractivity contribution in [2.24, 2.45) is 0 Å². The second-order valence-corrected chi connectivity index (χ2v) is 4.75. The summed E-state index contributed by atoms with van der Waals surface area (Å²) in [6.07, 6.45) is 1.70. The number of nitro groups is 1. The lowest BCUT2D eigenvalue weighted by Crippen LogP contribution is -2.36. The molecule has 6 nitrogen and oxygen atoms in total. The van der Waals surface area contributed by atoms with Gasteiger partial charge in [-0.2, -0.15) is 0 Å². The molecule has 0 aliphatic heterocycles. The monoisotopic (exact) mass is 284 g/mol. The number of amides is 1. The van der Waals surface area contributed by atoms with Gasteiger partial charge in [-0.25, -0.2) is 0 Å². The van der Waals surface area contributed by atoms with Crippen LogP contribution in [0.2, 0.25) is 5.02 Å². The maximum absolute atomic E-state index is 12.4. The van der Waals surface area contributed by atoms with Crippen LogP contribution in [-0.4, -0.2) is 40.0 Å². The molecule has 1 N–H and O–H groups in total. The number of nitrogens with zero attached hydrogens (tertiary/aromatic N) is 2. The van der Waals surface area contributed by atoms with Crippen LogP contribution in [0.3, 0.4) is 0 Å². The molecule has 1 saturated carbocycles. The van der Waals surface area contributed by atoms with E-state index in [9.17, 15) is 14.9 Å². The molecule has 2 rings (SSSR count). The third-order valence-electron chi connectivity index (χ3n) is 2.99. The summed E-state index contributed by atoms with van der Waals surface area (Å²) in [4.78, 5) is 24.2. The highest BCUT2D eigenvalue weighted by Crippen LogP contribution is 2.32. The molecule has 7 heteroatoms. The smallest absolute Gasteiger partial charge is 0.283 e. The van der Waals surface area contributed by atoms with Crippen LogP contribution in [0, 0.1) is 10.1 Å². The molecule has 0 saturated heterocycles. The van der Waals surface area contributed by atoms with Crippen molar-refractivity contribution in [3.05, 3.63) is 38.9 Å². The summed E-state index contributed by atoms with van der Waals surface area (Å²) < 4.78 is 0. The van der Waals surface area contributed by atoms with E-state index in [1.807, 2.05) is 0 Å². The lowest BCUT2D eigenvalue weighted by molar-refractivity contribution is -0.385. The molecule has 1 amide bonds. The van der Waals surface area contributed by atoms with Gasteiger partial charge < -0.3 is 10.0 Å². The van der Waals surface area contributed by atoms with Gasteiger partial charge in [0.1, 0.15) is 5.56 Å². The average molecular weight is 285 g/mol. The number of benzene rings is 1. The van der Waals surface area contributed by atoms with E-state index in [-0.39, 0.29) is 35.5 Å². The summed E-state index contributed by atoms with van der Waals surface area (Å²) in [5.41, 5.74) is -0.407. The minimum Gasteiger partial charge on any atom is -0.395 e. The van der Waals surface area contributed by atoms with Crippen molar-refractivity contribution in [3.63, 3.8) is 0 Å². The first-order chi connectivity index (χ1) is 9.06. The molecule has 1 aliphatic rings. The van der Waals surface area contributed by atoms with Gasteiger partial charge in [-0.05, 0) is 18.9 Å². The summed E-state index contributed by atoms with van der Waals surface area (Å²) in [5, 5.41) is 20.0. The van der Waals surface area contributed by atoms with Crippen LogP contribution in [0.4, 0.5) is 5.69 Å². The molecule has 1 aromatic rings. The normalized spacial score (nSPS) is 14.2. The molecule has 0 unspecified atom stereocenters. The number of aliphatic hydroxyl groups is 1. The number of carbonyl (C=O) groups excluding carboxylic acids is 1. The highest BCUT2D eigenvalue weighted by molar-refractivity contribution is 6.34. The number of aliphatic hydroxyl groups excluding tert-OH is 1. The third-order valence-corrected chi connectivity index (χ3v) is 3.31. The fraction of sp³-hybridized carbons (Fsp3) is 0.417. The molecule has 0 bridgehead atoms. The number of carbonyl (C=O) groups is 1. The van der Waals surface area contributed by atoms with Gasteiger partial charge >= 0.3 is 0 Å². The molecule has 0 atom stereocenters. The molecule has 1 fully saturated rings. The Morgan fingerprint density at radius 2 is 2.21 bits per heavy atom. The standard InChI is InChI=1S/C12H13ClN2O4/c13-9-2-1-3-10(15(18)19)11(9)12(17)14(6-7-16)8-4-5-8/h1-3,8,16H,4-7H2. The first-order valence-electron chi connectivity index (χ1n) is 5.91. The quantitative estimate of drug-likeness (QED) is 0.660. The average Bonchev–Trinajstić information content (AvgIpc) is 3.19. The molecule has 1 aromatic carbocycles. The van der Waals surface area contributed by atoms with Crippen LogP contribution in [0.15, 0.2) is 18.2 Å². The predicted molar refractivity (Wildman–Crippen MR) is 69.3 cm³/mol. The van der Waals surface area contributed by atoms with Gasteiger partial charge in [0.25, 0.3) is 11.6 Å². The Bertz CT molecular complexity index is 516. The van der Waals surface area contributed by atoms with E-state index in [1.165, 1.54) is 23.1 Å². The van der Waals surface area contributed by atoms with E-state index >= 15 is 0 Å². The van der Waals surface area contributed by atoms with Crippen molar-refractivity contribution < 1.29 is 14.8 Å². The highest BCUT2D eigenvalue weighted by atomic mass is 35.5. The van der Waals surface area contributed by atoms with Crippen molar-refractivity contribution in [3.8, 4) is 0 Å². The van der Waals surface area contributed by atoms with Gasteiger partial charge in [0.15, 0.2) is 0 Å². The lowest BCUT2D eigenvalue weighted by Gasteiger charge is -2.21. The van der Waals surface area contributed by atoms with Gasteiger partial charge in [0, 0.05) is 18.7 Å². The zero-order chi connectivity index (χ0) is 14.0. The van der Waals surface area contributed by atoms with Gasteiger partial charge in [-0.1, -0.05) is 17.7 Å². The molecule has 0 heterocycles. The molecular formula is C12H13ClN2O4. The second kappa shape index (κ2) is 5.54. The summed E-state index contributed by atoms with van der Waals surface area (Å²) in [6, 6.07) is 4.19. The van der Waals surface area contributed by atoms with Crippen molar-refractivity contribution in [2.75, 3.05) is 13.2 Å². The van der Waals surface area contributed by atoms with E-state index in [4.69, 9.17) is 16.7 Å². The van der Waals surface area contributed by atoms with E-state index in [1.54, 1.807) is 0 Å². The van der Waals surface area contributed by atoms with E-state index in [0.717, 1.165) is 12.8 Å². The van der Waals surface area contributed by atoms with Crippen LogP contribution >= 0.6 is 11.6 Å². The molecule has 0 spiro atoms. The number of hydrogen-bond donors (Lipinski definition) is 1. The topological polar surface area (TPSA) is 83.7 Å². The first kappa shape index (κ1) is 13.8. The summed E-state index contributed by atoms with van der Waals surface area (Å²) in [7, 11) is 0. The lowest BCUT2D eigenvalue weighted by atomic mass is 10.1. The Kier molecular flexibility index (Phi) is 4.01. The second-order valence-electron chi connectivity index (χ2n) is 4.34. The van der Waals surface area contributed by atoms with Gasteiger partial charge in [-0.15, -0.1) is 0 Å². The predicted octanol–water partition coefficient (Wildman–Crippen LogP) is 1.85. The van der Waals surface area contributed by atoms with Crippen molar-refractivity contribution >= 4 is 23.2 Å². The van der Waals surface area contributed by atoms with E-state index in [2.05, 4.69) is 0 Å². The van der Waals surface area contributed by atoms with Crippen LogP contribution in [-0.2, 0) is 0 Å². The minimum absolute atomic E-state index is 0.0514. The Balaban J connectivity index is 2.39. The number of nitro benzene ring substituents is 1. The SMILES string of the molecule is O=C(c1c(Cl)cccc1[N+](=O)[O-])N(CCO)C1CC1. The van der Waals surface area contributed by atoms with Crippen molar-refractivity contribution in [2.45, 2.75) is 18.9 Å². The van der Waals surface area contributed by atoms with Crippen LogP contribution in [0.5, 0.6) is 0 Å². The molecular weight excluding hydrogens is 272 g/mol. The minimum atomic E-state index is -0.622. The maximum Gasteiger partial charge on any atom is 0.283 e. The van der Waals surface area contributed by atoms with Gasteiger partial charge in [0.2, 0.25) is 0 Å². The Morgan fingerprint density at radius 3 is 2.74 bits per heavy atom.